The number of benzene rings is 1. The summed E-state index contributed by atoms with van der Waals surface area (Å²) in [5.74, 6) is -1.11. The molecule has 2 N–H and O–H groups in total. The fourth-order valence-electron chi connectivity index (χ4n) is 1.58. The Bertz CT molecular complexity index is 667. The molecule has 0 radical (unpaired) electrons. The lowest BCUT2D eigenvalue weighted by Crippen LogP contribution is -2.16. The van der Waals surface area contributed by atoms with Crippen LogP contribution in [-0.2, 0) is 4.74 Å². The molecule has 0 spiro atoms. The molecule has 0 atom stereocenters. The molecule has 8 heteroatoms. The standard InChI is InChI=1S/C13H12N4O4/c1-2-5-21-13(20)16-10-6-9(12(18)19)3-4-11(10)17-8-14-7-15-17/h2-4,6-8H,1,5H2,(H,16,20)(H,18,19). The number of carbonyl (C=O) groups excluding carboxylic acids is 1. The fourth-order valence-corrected chi connectivity index (χ4v) is 1.58. The summed E-state index contributed by atoms with van der Waals surface area (Å²) in [5.41, 5.74) is 0.736. The van der Waals surface area contributed by atoms with Gasteiger partial charge in [0, 0.05) is 0 Å². The van der Waals surface area contributed by atoms with Crippen LogP contribution in [0.15, 0.2) is 43.5 Å². The van der Waals surface area contributed by atoms with Crippen LogP contribution in [0.2, 0.25) is 0 Å². The predicted molar refractivity (Wildman–Crippen MR) is 73.5 cm³/mol. The number of aromatic carboxylic acids is 1. The van der Waals surface area contributed by atoms with Crippen molar-refractivity contribution in [1.82, 2.24) is 14.8 Å². The minimum Gasteiger partial charge on any atom is -0.478 e. The SMILES string of the molecule is C=CCOC(=O)Nc1cc(C(=O)O)ccc1-n1cncn1. The van der Waals surface area contributed by atoms with Gasteiger partial charge in [-0.2, -0.15) is 5.10 Å². The van der Waals surface area contributed by atoms with E-state index in [2.05, 4.69) is 22.0 Å². The minimum atomic E-state index is -1.11. The van der Waals surface area contributed by atoms with E-state index in [4.69, 9.17) is 9.84 Å². The first-order chi connectivity index (χ1) is 10.1. The van der Waals surface area contributed by atoms with Crippen LogP contribution in [0.1, 0.15) is 10.4 Å². The number of carbonyl (C=O) groups is 2. The molecule has 0 aliphatic carbocycles. The summed E-state index contributed by atoms with van der Waals surface area (Å²) in [7, 11) is 0. The second kappa shape index (κ2) is 6.33. The monoisotopic (exact) mass is 288 g/mol. The summed E-state index contributed by atoms with van der Waals surface area (Å²) < 4.78 is 6.20. The van der Waals surface area contributed by atoms with E-state index in [0.717, 1.165) is 0 Å². The molecule has 0 aliphatic rings. The van der Waals surface area contributed by atoms with Gasteiger partial charge in [0.25, 0.3) is 0 Å². The lowest BCUT2D eigenvalue weighted by atomic mass is 10.1. The van der Waals surface area contributed by atoms with Crippen LogP contribution in [0.4, 0.5) is 10.5 Å². The van der Waals surface area contributed by atoms with Crippen LogP contribution >= 0.6 is 0 Å². The maximum atomic E-state index is 11.6. The highest BCUT2D eigenvalue weighted by atomic mass is 16.5. The molecule has 0 saturated carbocycles. The van der Waals surface area contributed by atoms with Gasteiger partial charge in [0.15, 0.2) is 0 Å². The summed E-state index contributed by atoms with van der Waals surface area (Å²) >= 11 is 0. The number of ether oxygens (including phenoxy) is 1. The van der Waals surface area contributed by atoms with Crippen LogP contribution in [0, 0.1) is 0 Å². The molecule has 2 rings (SSSR count). The molecular formula is C13H12N4O4. The van der Waals surface area contributed by atoms with Gasteiger partial charge in [-0.05, 0) is 18.2 Å². The zero-order valence-corrected chi connectivity index (χ0v) is 10.9. The fraction of sp³-hybridized carbons (Fsp3) is 0.0769. The van der Waals surface area contributed by atoms with Crippen molar-refractivity contribution in [3.05, 3.63) is 49.1 Å². The number of rotatable bonds is 5. The molecule has 0 unspecified atom stereocenters. The van der Waals surface area contributed by atoms with Crippen LogP contribution in [0.3, 0.4) is 0 Å². The Morgan fingerprint density at radius 2 is 2.29 bits per heavy atom. The molecule has 0 saturated heterocycles. The second-order valence-corrected chi connectivity index (χ2v) is 3.89. The van der Waals surface area contributed by atoms with E-state index in [9.17, 15) is 9.59 Å². The highest BCUT2D eigenvalue weighted by Crippen LogP contribution is 2.21. The van der Waals surface area contributed by atoms with Crippen molar-refractivity contribution in [3.8, 4) is 5.69 Å². The number of carboxylic acid groups (broad SMARTS) is 1. The van der Waals surface area contributed by atoms with E-state index in [0.29, 0.717) is 5.69 Å². The average molecular weight is 288 g/mol. The van der Waals surface area contributed by atoms with Crippen molar-refractivity contribution < 1.29 is 19.4 Å². The molecule has 1 amide bonds. The molecule has 108 valence electrons. The van der Waals surface area contributed by atoms with Crippen LogP contribution in [0.25, 0.3) is 5.69 Å². The van der Waals surface area contributed by atoms with Gasteiger partial charge in [0.1, 0.15) is 19.3 Å². The maximum absolute atomic E-state index is 11.6. The molecule has 1 aromatic carbocycles. The van der Waals surface area contributed by atoms with Crippen LogP contribution < -0.4 is 5.32 Å². The quantitative estimate of drug-likeness (QED) is 0.811. The van der Waals surface area contributed by atoms with E-state index in [-0.39, 0.29) is 17.9 Å². The number of nitrogens with one attached hydrogen (secondary N) is 1. The van der Waals surface area contributed by atoms with Crippen molar-refractivity contribution in [3.63, 3.8) is 0 Å². The number of aromatic nitrogens is 3. The Labute approximate surface area is 119 Å². The topological polar surface area (TPSA) is 106 Å². The molecular weight excluding hydrogens is 276 g/mol. The van der Waals surface area contributed by atoms with Crippen molar-refractivity contribution >= 4 is 17.7 Å². The second-order valence-electron chi connectivity index (χ2n) is 3.89. The van der Waals surface area contributed by atoms with E-state index in [1.165, 1.54) is 41.6 Å². The van der Waals surface area contributed by atoms with Gasteiger partial charge in [-0.15, -0.1) is 0 Å². The van der Waals surface area contributed by atoms with E-state index < -0.39 is 12.1 Å². The van der Waals surface area contributed by atoms with E-state index in [1.54, 1.807) is 0 Å². The summed E-state index contributed by atoms with van der Waals surface area (Å²) in [5, 5.41) is 15.4. The first-order valence-electron chi connectivity index (χ1n) is 5.89. The van der Waals surface area contributed by atoms with Crippen LogP contribution in [-0.4, -0.2) is 38.5 Å². The highest BCUT2D eigenvalue weighted by Gasteiger charge is 2.13. The van der Waals surface area contributed by atoms with Gasteiger partial charge in [-0.25, -0.2) is 19.3 Å². The number of nitrogens with zero attached hydrogens (tertiary/aromatic N) is 3. The lowest BCUT2D eigenvalue weighted by Gasteiger charge is -2.11. The molecule has 0 aliphatic heterocycles. The first kappa shape index (κ1) is 14.3. The molecule has 0 fully saturated rings. The van der Waals surface area contributed by atoms with Gasteiger partial charge >= 0.3 is 12.1 Å². The van der Waals surface area contributed by atoms with Crippen LogP contribution in [0.5, 0.6) is 0 Å². The summed E-state index contributed by atoms with van der Waals surface area (Å²) in [6.07, 6.45) is 3.45. The normalized spacial score (nSPS) is 9.90. The predicted octanol–water partition coefficient (Wildman–Crippen LogP) is 1.70. The maximum Gasteiger partial charge on any atom is 0.412 e. The highest BCUT2D eigenvalue weighted by molar-refractivity contribution is 5.93. The number of carboxylic acids is 1. The minimum absolute atomic E-state index is 0.0258. The Kier molecular flexibility index (Phi) is 4.30. The Balaban J connectivity index is 2.34. The van der Waals surface area contributed by atoms with Crippen molar-refractivity contribution in [2.24, 2.45) is 0 Å². The summed E-state index contributed by atoms with van der Waals surface area (Å²) in [6.45, 7) is 3.47. The summed E-state index contributed by atoms with van der Waals surface area (Å²) in [4.78, 5) is 26.4. The van der Waals surface area contributed by atoms with Crippen molar-refractivity contribution in [2.75, 3.05) is 11.9 Å². The molecule has 8 nitrogen and oxygen atoms in total. The smallest absolute Gasteiger partial charge is 0.412 e. The largest absolute Gasteiger partial charge is 0.478 e. The number of amides is 1. The number of anilines is 1. The van der Waals surface area contributed by atoms with E-state index in [1.807, 2.05) is 0 Å². The number of hydrogen-bond donors (Lipinski definition) is 2. The zero-order chi connectivity index (χ0) is 15.2. The van der Waals surface area contributed by atoms with Gasteiger partial charge in [-0.3, -0.25) is 5.32 Å². The van der Waals surface area contributed by atoms with Crippen molar-refractivity contribution in [1.29, 1.82) is 0 Å². The van der Waals surface area contributed by atoms with Gasteiger partial charge in [-0.1, -0.05) is 12.7 Å². The molecule has 21 heavy (non-hydrogen) atoms. The van der Waals surface area contributed by atoms with Gasteiger partial charge in [0.2, 0.25) is 0 Å². The average Bonchev–Trinajstić information content (AvgIpc) is 2.99. The van der Waals surface area contributed by atoms with E-state index >= 15 is 0 Å². The van der Waals surface area contributed by atoms with Gasteiger partial charge in [0.05, 0.1) is 16.9 Å². The zero-order valence-electron chi connectivity index (χ0n) is 10.9. The Morgan fingerprint density at radius 1 is 1.48 bits per heavy atom. The lowest BCUT2D eigenvalue weighted by molar-refractivity contribution is 0.0697. The Morgan fingerprint density at radius 3 is 2.90 bits per heavy atom. The third-order valence-corrected chi connectivity index (χ3v) is 2.48. The third kappa shape index (κ3) is 3.44. The van der Waals surface area contributed by atoms with Crippen molar-refractivity contribution in [2.45, 2.75) is 0 Å². The van der Waals surface area contributed by atoms with Gasteiger partial charge < -0.3 is 9.84 Å². The first-order valence-corrected chi connectivity index (χ1v) is 5.89. The summed E-state index contributed by atoms with van der Waals surface area (Å²) in [6, 6.07) is 4.23. The third-order valence-electron chi connectivity index (χ3n) is 2.48. The molecule has 0 bridgehead atoms. The molecule has 1 heterocycles. The molecule has 2 aromatic rings. The Hall–Kier alpha value is -3.16. The molecule has 1 aromatic heterocycles. The number of hydrogen-bond acceptors (Lipinski definition) is 5.